The van der Waals surface area contributed by atoms with Crippen LogP contribution in [0.15, 0.2) is 0 Å². The molecule has 21 heavy (non-hydrogen) atoms. The van der Waals surface area contributed by atoms with Crippen LogP contribution in [0.3, 0.4) is 0 Å². The number of nitrogens with two attached hydrogens (primary N) is 1. The lowest BCUT2D eigenvalue weighted by Crippen LogP contribution is -2.47. The molecule has 0 aromatic rings. The number of carbonyl (C=O) groups is 2. The molecule has 6 heteroatoms. The summed E-state index contributed by atoms with van der Waals surface area (Å²) < 4.78 is 0. The summed E-state index contributed by atoms with van der Waals surface area (Å²) in [7, 11) is 0. The first-order chi connectivity index (χ1) is 9.30. The zero-order valence-corrected chi connectivity index (χ0v) is 14.0. The van der Waals surface area contributed by atoms with Gasteiger partial charge in [-0.2, -0.15) is 0 Å². The van der Waals surface area contributed by atoms with Crippen molar-refractivity contribution in [1.82, 2.24) is 10.6 Å². The van der Waals surface area contributed by atoms with Gasteiger partial charge in [0.05, 0.1) is 5.92 Å². The van der Waals surface area contributed by atoms with Crippen LogP contribution in [0, 0.1) is 23.2 Å². The van der Waals surface area contributed by atoms with E-state index in [-0.39, 0.29) is 36.2 Å². The predicted molar refractivity (Wildman–Crippen MR) is 85.0 cm³/mol. The van der Waals surface area contributed by atoms with Crippen LogP contribution in [0.2, 0.25) is 0 Å². The third-order valence-electron chi connectivity index (χ3n) is 4.67. The average molecular weight is 318 g/mol. The number of hydrogen-bond acceptors (Lipinski definition) is 3. The summed E-state index contributed by atoms with van der Waals surface area (Å²) >= 11 is 0. The van der Waals surface area contributed by atoms with Gasteiger partial charge in [-0.1, -0.05) is 20.8 Å². The molecular weight excluding hydrogens is 290 g/mol. The summed E-state index contributed by atoms with van der Waals surface area (Å²) in [5, 5.41) is 5.74. The number of carbonyl (C=O) groups excluding carboxylic acids is 2. The van der Waals surface area contributed by atoms with E-state index in [1.165, 1.54) is 6.42 Å². The largest absolute Gasteiger partial charge is 0.354 e. The van der Waals surface area contributed by atoms with E-state index in [1.54, 1.807) is 0 Å². The molecule has 122 valence electrons. The first-order valence-corrected chi connectivity index (χ1v) is 7.62. The second kappa shape index (κ2) is 6.97. The number of fused-ring (bicyclic) bond motifs is 2. The topological polar surface area (TPSA) is 84.2 Å². The van der Waals surface area contributed by atoms with Crippen molar-refractivity contribution in [1.29, 1.82) is 0 Å². The van der Waals surface area contributed by atoms with E-state index in [4.69, 9.17) is 5.73 Å². The summed E-state index contributed by atoms with van der Waals surface area (Å²) in [4.78, 5) is 23.9. The third kappa shape index (κ3) is 4.10. The highest BCUT2D eigenvalue weighted by Gasteiger charge is 2.48. The van der Waals surface area contributed by atoms with Gasteiger partial charge in [0.2, 0.25) is 11.8 Å². The van der Waals surface area contributed by atoms with E-state index in [2.05, 4.69) is 10.6 Å². The van der Waals surface area contributed by atoms with Gasteiger partial charge in [0.25, 0.3) is 0 Å². The van der Waals surface area contributed by atoms with Crippen molar-refractivity contribution in [3.05, 3.63) is 0 Å². The summed E-state index contributed by atoms with van der Waals surface area (Å²) in [6.45, 7) is 6.55. The van der Waals surface area contributed by atoms with E-state index < -0.39 is 5.41 Å². The molecule has 2 rings (SSSR count). The lowest BCUT2D eigenvalue weighted by molar-refractivity contribution is -0.129. The van der Waals surface area contributed by atoms with Gasteiger partial charge in [-0.15, -0.1) is 12.4 Å². The molecule has 0 heterocycles. The van der Waals surface area contributed by atoms with Crippen molar-refractivity contribution in [3.8, 4) is 0 Å². The van der Waals surface area contributed by atoms with Crippen LogP contribution in [0.25, 0.3) is 0 Å². The fraction of sp³-hybridized carbons (Fsp3) is 0.867. The van der Waals surface area contributed by atoms with Crippen LogP contribution >= 0.6 is 12.4 Å². The van der Waals surface area contributed by atoms with Crippen molar-refractivity contribution in [2.24, 2.45) is 28.9 Å². The maximum Gasteiger partial charge on any atom is 0.225 e. The lowest BCUT2D eigenvalue weighted by atomic mass is 9.84. The molecule has 2 amide bonds. The molecular formula is C15H28ClN3O2. The fourth-order valence-corrected chi connectivity index (χ4v) is 3.47. The van der Waals surface area contributed by atoms with Crippen LogP contribution in [0.5, 0.6) is 0 Å². The van der Waals surface area contributed by atoms with E-state index in [0.29, 0.717) is 24.9 Å². The minimum Gasteiger partial charge on any atom is -0.354 e. The molecule has 4 N–H and O–H groups in total. The van der Waals surface area contributed by atoms with Crippen molar-refractivity contribution >= 4 is 24.2 Å². The number of amides is 2. The van der Waals surface area contributed by atoms with Crippen molar-refractivity contribution in [2.45, 2.75) is 46.1 Å². The van der Waals surface area contributed by atoms with Gasteiger partial charge in [0, 0.05) is 24.5 Å². The summed E-state index contributed by atoms with van der Waals surface area (Å²) in [5.74, 6) is 1.06. The molecule has 2 fully saturated rings. The van der Waals surface area contributed by atoms with Gasteiger partial charge in [-0.3, -0.25) is 9.59 Å². The Kier molecular flexibility index (Phi) is 6.05. The van der Waals surface area contributed by atoms with Gasteiger partial charge in [0.1, 0.15) is 0 Å². The SMILES string of the molecule is CC(C)(C)C(=O)NCCNC(=O)C1C2CCC(C2)C1N.Cl. The van der Waals surface area contributed by atoms with Gasteiger partial charge in [-0.25, -0.2) is 0 Å². The average Bonchev–Trinajstić information content (AvgIpc) is 2.93. The quantitative estimate of drug-likeness (QED) is 0.678. The van der Waals surface area contributed by atoms with Crippen molar-refractivity contribution < 1.29 is 9.59 Å². The fourth-order valence-electron chi connectivity index (χ4n) is 3.47. The van der Waals surface area contributed by atoms with E-state index in [0.717, 1.165) is 12.8 Å². The maximum atomic E-state index is 12.2. The standard InChI is InChI=1S/C15H27N3O2.ClH/c1-15(2,3)14(20)18-7-6-17-13(19)11-9-4-5-10(8-9)12(11)16;/h9-12H,4-8,16H2,1-3H3,(H,17,19)(H,18,20);1H. The number of nitrogens with one attached hydrogen (secondary N) is 2. The Morgan fingerprint density at radius 2 is 1.67 bits per heavy atom. The molecule has 0 aromatic carbocycles. The zero-order chi connectivity index (χ0) is 14.9. The Bertz CT molecular complexity index is 393. The van der Waals surface area contributed by atoms with E-state index in [1.807, 2.05) is 20.8 Å². The molecule has 5 nitrogen and oxygen atoms in total. The predicted octanol–water partition coefficient (Wildman–Crippen LogP) is 1.06. The zero-order valence-electron chi connectivity index (χ0n) is 13.1. The van der Waals surface area contributed by atoms with Crippen LogP contribution in [-0.4, -0.2) is 30.9 Å². The molecule has 0 aliphatic heterocycles. The molecule has 4 unspecified atom stereocenters. The van der Waals surface area contributed by atoms with Crippen LogP contribution < -0.4 is 16.4 Å². The molecule has 2 aliphatic rings. The van der Waals surface area contributed by atoms with Crippen molar-refractivity contribution in [3.63, 3.8) is 0 Å². The minimum absolute atomic E-state index is 0. The molecule has 0 saturated heterocycles. The third-order valence-corrected chi connectivity index (χ3v) is 4.67. The Balaban J connectivity index is 0.00000220. The molecule has 0 radical (unpaired) electrons. The Hall–Kier alpha value is -0.810. The highest BCUT2D eigenvalue weighted by atomic mass is 35.5. The molecule has 0 spiro atoms. The normalized spacial score (nSPS) is 30.7. The number of halogens is 1. The highest BCUT2D eigenvalue weighted by Crippen LogP contribution is 2.47. The van der Waals surface area contributed by atoms with E-state index in [9.17, 15) is 9.59 Å². The Morgan fingerprint density at radius 1 is 1.10 bits per heavy atom. The molecule has 2 saturated carbocycles. The number of rotatable bonds is 4. The highest BCUT2D eigenvalue weighted by molar-refractivity contribution is 5.85. The Labute approximate surface area is 133 Å². The van der Waals surface area contributed by atoms with Gasteiger partial charge in [-0.05, 0) is 31.1 Å². The van der Waals surface area contributed by atoms with Crippen LogP contribution in [-0.2, 0) is 9.59 Å². The molecule has 0 aromatic heterocycles. The first kappa shape index (κ1) is 18.2. The van der Waals surface area contributed by atoms with Gasteiger partial charge >= 0.3 is 0 Å². The Morgan fingerprint density at radius 3 is 2.19 bits per heavy atom. The summed E-state index contributed by atoms with van der Waals surface area (Å²) in [5.41, 5.74) is 5.75. The monoisotopic (exact) mass is 317 g/mol. The van der Waals surface area contributed by atoms with Gasteiger partial charge in [0.15, 0.2) is 0 Å². The van der Waals surface area contributed by atoms with E-state index >= 15 is 0 Å². The minimum atomic E-state index is -0.392. The smallest absolute Gasteiger partial charge is 0.225 e. The second-order valence-corrected chi connectivity index (χ2v) is 7.23. The molecule has 2 bridgehead atoms. The van der Waals surface area contributed by atoms with Crippen LogP contribution in [0.1, 0.15) is 40.0 Å². The van der Waals surface area contributed by atoms with Crippen LogP contribution in [0.4, 0.5) is 0 Å². The maximum absolute atomic E-state index is 12.2. The summed E-state index contributed by atoms with van der Waals surface area (Å²) in [6.07, 6.45) is 3.43. The molecule has 2 aliphatic carbocycles. The first-order valence-electron chi connectivity index (χ1n) is 7.62. The van der Waals surface area contributed by atoms with Crippen molar-refractivity contribution in [2.75, 3.05) is 13.1 Å². The lowest BCUT2D eigenvalue weighted by Gasteiger charge is -2.27. The second-order valence-electron chi connectivity index (χ2n) is 7.23. The summed E-state index contributed by atoms with van der Waals surface area (Å²) in [6, 6.07) is 0.0258. The van der Waals surface area contributed by atoms with Gasteiger partial charge < -0.3 is 16.4 Å². The molecule has 4 atom stereocenters. The number of hydrogen-bond donors (Lipinski definition) is 3.